The Labute approximate surface area is 222 Å². The number of amides is 2. The fraction of sp³-hybridized carbons (Fsp3) is 0.345. The molecule has 0 saturated carbocycles. The Bertz CT molecular complexity index is 1250. The molecule has 1 aliphatic heterocycles. The maximum Gasteiger partial charge on any atom is 0.430 e. The van der Waals surface area contributed by atoms with Gasteiger partial charge in [-0.05, 0) is 23.1 Å². The molecule has 0 spiro atoms. The second-order valence-corrected chi connectivity index (χ2v) is 9.78. The van der Waals surface area contributed by atoms with Gasteiger partial charge < -0.3 is 15.3 Å². The summed E-state index contributed by atoms with van der Waals surface area (Å²) >= 11 is 0. The first-order valence-corrected chi connectivity index (χ1v) is 12.4. The fourth-order valence-electron chi connectivity index (χ4n) is 5.44. The monoisotopic (exact) mass is 550 g/mol. The molecule has 1 fully saturated rings. The highest BCUT2D eigenvalue weighted by Gasteiger charge is 2.71. The van der Waals surface area contributed by atoms with Gasteiger partial charge in [-0.25, -0.2) is 4.79 Å². The van der Waals surface area contributed by atoms with Gasteiger partial charge >= 0.3 is 18.4 Å². The summed E-state index contributed by atoms with van der Waals surface area (Å²) in [7, 11) is 0. The average Bonchev–Trinajstić information content (AvgIpc) is 3.32. The molecule has 2 atom stereocenters. The van der Waals surface area contributed by atoms with E-state index < -0.39 is 34.8 Å². The first-order chi connectivity index (χ1) is 18.3. The van der Waals surface area contributed by atoms with E-state index in [1.165, 1.54) is 12.1 Å². The standard InChI is InChI=1S/C29H28F6N2O2/c1-2-26(22-11-7-4-8-12-22)19-37(25(38)36-17-20-9-5-3-6-10-20)18-24(26)21-13-15-23(16-14-21)27(39,28(30,31)32)29(33,34)35/h3-16,24,39H,2,17-19H2,1H3,(H,36,38)/t24-,26+/m0/s1. The van der Waals surface area contributed by atoms with Crippen LogP contribution in [0, 0.1) is 0 Å². The Balaban J connectivity index is 1.68. The smallest absolute Gasteiger partial charge is 0.369 e. The maximum atomic E-state index is 13.4. The molecule has 0 aliphatic carbocycles. The minimum atomic E-state index is -5.97. The van der Waals surface area contributed by atoms with Gasteiger partial charge in [-0.15, -0.1) is 0 Å². The lowest BCUT2D eigenvalue weighted by atomic mass is 9.68. The van der Waals surface area contributed by atoms with E-state index in [2.05, 4.69) is 5.32 Å². The minimum absolute atomic E-state index is 0.200. The van der Waals surface area contributed by atoms with Crippen molar-refractivity contribution in [1.82, 2.24) is 10.2 Å². The summed E-state index contributed by atoms with van der Waals surface area (Å²) in [6, 6.07) is 22.0. The van der Waals surface area contributed by atoms with Crippen LogP contribution >= 0.6 is 0 Å². The van der Waals surface area contributed by atoms with Gasteiger partial charge in [0, 0.05) is 36.5 Å². The molecule has 4 rings (SSSR count). The van der Waals surface area contributed by atoms with E-state index in [1.807, 2.05) is 67.6 Å². The lowest BCUT2D eigenvalue weighted by Crippen LogP contribution is -2.53. The van der Waals surface area contributed by atoms with E-state index in [9.17, 15) is 36.2 Å². The number of alkyl halides is 6. The van der Waals surface area contributed by atoms with Gasteiger partial charge in [0.05, 0.1) is 0 Å². The SMILES string of the molecule is CC[C@]1(c2ccccc2)CN(C(=O)NCc2ccccc2)C[C@H]1c1ccc(C(O)(C(F)(F)F)C(F)(F)F)cc1. The molecule has 10 heteroatoms. The van der Waals surface area contributed by atoms with Gasteiger partial charge in [0.25, 0.3) is 5.60 Å². The summed E-state index contributed by atoms with van der Waals surface area (Å²) in [4.78, 5) is 14.8. The average molecular weight is 551 g/mol. The second kappa shape index (κ2) is 10.6. The molecule has 3 aromatic carbocycles. The van der Waals surface area contributed by atoms with E-state index in [4.69, 9.17) is 0 Å². The zero-order chi connectivity index (χ0) is 28.5. The quantitative estimate of drug-likeness (QED) is 0.338. The van der Waals surface area contributed by atoms with Crippen molar-refractivity contribution in [3.05, 3.63) is 107 Å². The number of nitrogens with zero attached hydrogens (tertiary/aromatic N) is 1. The molecule has 2 amide bonds. The van der Waals surface area contributed by atoms with E-state index in [0.717, 1.165) is 11.1 Å². The van der Waals surface area contributed by atoms with E-state index in [-0.39, 0.29) is 12.6 Å². The highest BCUT2D eigenvalue weighted by Crippen LogP contribution is 2.51. The third kappa shape index (κ3) is 5.22. The van der Waals surface area contributed by atoms with Gasteiger partial charge in [0.1, 0.15) is 0 Å². The number of carbonyl (C=O) groups excluding carboxylic acids is 1. The van der Waals surface area contributed by atoms with Crippen LogP contribution in [0.15, 0.2) is 84.9 Å². The van der Waals surface area contributed by atoms with Crippen LogP contribution in [0.4, 0.5) is 31.1 Å². The van der Waals surface area contributed by atoms with Gasteiger partial charge in [-0.3, -0.25) is 0 Å². The van der Waals surface area contributed by atoms with E-state index >= 15 is 0 Å². The third-order valence-electron chi connectivity index (χ3n) is 7.65. The Morgan fingerprint density at radius 3 is 1.95 bits per heavy atom. The van der Waals surface area contributed by atoms with E-state index in [1.54, 1.807) is 4.90 Å². The molecule has 0 aromatic heterocycles. The highest BCUT2D eigenvalue weighted by molar-refractivity contribution is 5.75. The van der Waals surface area contributed by atoms with Crippen molar-refractivity contribution in [2.75, 3.05) is 13.1 Å². The summed E-state index contributed by atoms with van der Waals surface area (Å²) in [5.41, 5.74) is -4.68. The van der Waals surface area contributed by atoms with Crippen LogP contribution in [0.25, 0.3) is 0 Å². The highest BCUT2D eigenvalue weighted by atomic mass is 19.4. The van der Waals surface area contributed by atoms with Crippen LogP contribution in [-0.2, 0) is 17.6 Å². The summed E-state index contributed by atoms with van der Waals surface area (Å²) in [5, 5.41) is 12.7. The molecule has 3 aromatic rings. The molecule has 1 saturated heterocycles. The lowest BCUT2D eigenvalue weighted by molar-refractivity contribution is -0.376. The first-order valence-electron chi connectivity index (χ1n) is 12.4. The molecule has 4 nitrogen and oxygen atoms in total. The third-order valence-corrected chi connectivity index (χ3v) is 7.65. The number of hydrogen-bond acceptors (Lipinski definition) is 2. The van der Waals surface area contributed by atoms with Gasteiger partial charge in [0.2, 0.25) is 0 Å². The summed E-state index contributed by atoms with van der Waals surface area (Å²) in [6.45, 7) is 2.74. The molecule has 0 radical (unpaired) electrons. The van der Waals surface area contributed by atoms with Crippen LogP contribution in [0.2, 0.25) is 0 Å². The molecule has 1 aliphatic rings. The normalized spacial score (nSPS) is 20.2. The molecule has 39 heavy (non-hydrogen) atoms. The van der Waals surface area contributed by atoms with Crippen molar-refractivity contribution >= 4 is 6.03 Å². The summed E-state index contributed by atoms with van der Waals surface area (Å²) in [5.74, 6) is -0.425. The van der Waals surface area contributed by atoms with Crippen LogP contribution in [-0.4, -0.2) is 41.5 Å². The van der Waals surface area contributed by atoms with Gasteiger partial charge in [-0.1, -0.05) is 91.9 Å². The van der Waals surface area contributed by atoms with Gasteiger partial charge in [0.15, 0.2) is 0 Å². The summed E-state index contributed by atoms with van der Waals surface area (Å²) < 4.78 is 80.4. The number of likely N-dealkylation sites (tertiary alicyclic amines) is 1. The molecule has 208 valence electrons. The van der Waals surface area contributed by atoms with Crippen molar-refractivity contribution in [3.63, 3.8) is 0 Å². The molecule has 2 N–H and O–H groups in total. The van der Waals surface area contributed by atoms with Crippen LogP contribution in [0.5, 0.6) is 0 Å². The van der Waals surface area contributed by atoms with Crippen molar-refractivity contribution in [1.29, 1.82) is 0 Å². The largest absolute Gasteiger partial charge is 0.430 e. The first kappa shape index (κ1) is 28.5. The Morgan fingerprint density at radius 1 is 0.897 bits per heavy atom. The zero-order valence-corrected chi connectivity index (χ0v) is 21.1. The molecule has 1 heterocycles. The number of halogens is 6. The number of nitrogens with one attached hydrogen (secondary N) is 1. The summed E-state index contributed by atoms with van der Waals surface area (Å²) in [6.07, 6.45) is -11.4. The van der Waals surface area contributed by atoms with E-state index in [0.29, 0.717) is 37.2 Å². The lowest BCUT2D eigenvalue weighted by Gasteiger charge is -2.35. The fourth-order valence-corrected chi connectivity index (χ4v) is 5.44. The number of urea groups is 1. The molecule has 0 unspecified atom stereocenters. The number of carbonyl (C=O) groups is 1. The van der Waals surface area contributed by atoms with Crippen molar-refractivity contribution in [2.45, 2.75) is 49.2 Å². The molecular formula is C29H28F6N2O2. The minimum Gasteiger partial charge on any atom is -0.369 e. The molecular weight excluding hydrogens is 522 g/mol. The number of benzene rings is 3. The van der Waals surface area contributed by atoms with Crippen LogP contribution < -0.4 is 5.32 Å². The zero-order valence-electron chi connectivity index (χ0n) is 21.1. The second-order valence-electron chi connectivity index (χ2n) is 9.78. The maximum absolute atomic E-state index is 13.4. The predicted octanol–water partition coefficient (Wildman–Crippen LogP) is 6.66. The number of hydrogen-bond donors (Lipinski definition) is 2. The Hall–Kier alpha value is -3.53. The topological polar surface area (TPSA) is 52.6 Å². The number of aliphatic hydroxyl groups is 1. The van der Waals surface area contributed by atoms with Crippen molar-refractivity contribution in [2.24, 2.45) is 0 Å². The van der Waals surface area contributed by atoms with Crippen LogP contribution in [0.1, 0.15) is 41.5 Å². The Kier molecular flexibility index (Phi) is 7.71. The van der Waals surface area contributed by atoms with Gasteiger partial charge in [-0.2, -0.15) is 26.3 Å². The van der Waals surface area contributed by atoms with Crippen molar-refractivity contribution in [3.8, 4) is 0 Å². The Morgan fingerprint density at radius 2 is 1.44 bits per heavy atom. The number of rotatable bonds is 6. The van der Waals surface area contributed by atoms with Crippen molar-refractivity contribution < 1.29 is 36.2 Å². The molecule has 0 bridgehead atoms. The predicted molar refractivity (Wildman–Crippen MR) is 134 cm³/mol. The van der Waals surface area contributed by atoms with Crippen LogP contribution in [0.3, 0.4) is 0 Å².